The second-order valence-electron chi connectivity index (χ2n) is 9.14. The van der Waals surface area contributed by atoms with Crippen LogP contribution in [-0.2, 0) is 4.79 Å². The number of nitrogens with zero attached hydrogens (tertiary/aromatic N) is 3. The Balaban J connectivity index is 1.44. The lowest BCUT2D eigenvalue weighted by atomic mass is 9.88. The highest BCUT2D eigenvalue weighted by Crippen LogP contribution is 2.27. The van der Waals surface area contributed by atoms with Crippen molar-refractivity contribution in [3.63, 3.8) is 0 Å². The van der Waals surface area contributed by atoms with E-state index >= 15 is 0 Å². The van der Waals surface area contributed by atoms with E-state index in [2.05, 4.69) is 0 Å². The second-order valence-corrected chi connectivity index (χ2v) is 9.14. The fraction of sp³-hybridized carbons (Fsp3) is 0.583. The van der Waals surface area contributed by atoms with E-state index < -0.39 is 0 Å². The van der Waals surface area contributed by atoms with Crippen LogP contribution in [-0.4, -0.2) is 70.5 Å². The Kier molecular flexibility index (Phi) is 6.12. The van der Waals surface area contributed by atoms with E-state index in [9.17, 15) is 19.2 Å². The molecule has 0 aromatic heterocycles. The molecule has 1 aromatic carbocycles. The van der Waals surface area contributed by atoms with Crippen molar-refractivity contribution in [2.45, 2.75) is 58.4 Å². The summed E-state index contributed by atoms with van der Waals surface area (Å²) in [5.74, 6) is -0.423. The third kappa shape index (κ3) is 4.10. The molecule has 4 rings (SSSR count). The number of carbonyl (C=O) groups is 4. The molecule has 0 radical (unpaired) electrons. The van der Waals surface area contributed by atoms with Gasteiger partial charge in [-0.25, -0.2) is 0 Å². The molecule has 7 heteroatoms. The summed E-state index contributed by atoms with van der Waals surface area (Å²) in [6.45, 7) is 5.88. The van der Waals surface area contributed by atoms with Gasteiger partial charge in [-0.05, 0) is 51.3 Å². The van der Waals surface area contributed by atoms with Crippen molar-refractivity contribution < 1.29 is 19.2 Å². The van der Waals surface area contributed by atoms with Gasteiger partial charge in [0, 0.05) is 43.7 Å². The summed E-state index contributed by atoms with van der Waals surface area (Å²) < 4.78 is 0. The normalized spacial score (nSPS) is 20.3. The zero-order valence-electron chi connectivity index (χ0n) is 18.4. The van der Waals surface area contributed by atoms with Gasteiger partial charge in [0.15, 0.2) is 0 Å². The van der Waals surface area contributed by atoms with Crippen molar-refractivity contribution in [2.24, 2.45) is 5.92 Å². The lowest BCUT2D eigenvalue weighted by Crippen LogP contribution is -2.40. The summed E-state index contributed by atoms with van der Waals surface area (Å²) in [5, 5.41) is 0. The highest BCUT2D eigenvalue weighted by atomic mass is 16.2. The zero-order valence-corrected chi connectivity index (χ0v) is 18.4. The monoisotopic (exact) mass is 425 g/mol. The van der Waals surface area contributed by atoms with Crippen LogP contribution >= 0.6 is 0 Å². The van der Waals surface area contributed by atoms with E-state index in [0.29, 0.717) is 42.9 Å². The van der Waals surface area contributed by atoms with Gasteiger partial charge in [-0.15, -0.1) is 0 Å². The first-order valence-electron chi connectivity index (χ1n) is 11.5. The van der Waals surface area contributed by atoms with Crippen LogP contribution in [0.5, 0.6) is 0 Å². The maximum absolute atomic E-state index is 13.1. The number of fused-ring (bicyclic) bond motifs is 1. The van der Waals surface area contributed by atoms with E-state index in [1.165, 1.54) is 11.3 Å². The van der Waals surface area contributed by atoms with Crippen LogP contribution in [0.2, 0.25) is 0 Å². The number of benzene rings is 1. The average molecular weight is 426 g/mol. The molecule has 2 fully saturated rings. The van der Waals surface area contributed by atoms with Gasteiger partial charge >= 0.3 is 0 Å². The molecule has 0 N–H and O–H groups in total. The molecule has 0 bridgehead atoms. The minimum Gasteiger partial charge on any atom is -0.341 e. The van der Waals surface area contributed by atoms with Gasteiger partial charge in [-0.1, -0.05) is 19.3 Å². The van der Waals surface area contributed by atoms with E-state index in [1.54, 1.807) is 36.9 Å². The minimum atomic E-state index is -0.343. The average Bonchev–Trinajstić information content (AvgIpc) is 2.93. The SMILES string of the molecule is CC(C)N1C(=O)c2ccc(C(=O)N3CCCN(C(=O)C4CCCCC4)CC3)cc2C1=O. The second kappa shape index (κ2) is 8.81. The molecule has 166 valence electrons. The Morgan fingerprint density at radius 3 is 2.19 bits per heavy atom. The number of hydrogen-bond donors (Lipinski definition) is 0. The minimum absolute atomic E-state index is 0.139. The Bertz CT molecular complexity index is 904. The molecular weight excluding hydrogens is 394 g/mol. The molecule has 2 aliphatic heterocycles. The third-order valence-electron chi connectivity index (χ3n) is 6.73. The molecule has 31 heavy (non-hydrogen) atoms. The molecular formula is C24H31N3O4. The molecule has 0 unspecified atom stereocenters. The van der Waals surface area contributed by atoms with Gasteiger partial charge in [-0.3, -0.25) is 24.1 Å². The number of carbonyl (C=O) groups excluding carboxylic acids is 4. The maximum Gasteiger partial charge on any atom is 0.261 e. The van der Waals surface area contributed by atoms with Crippen LogP contribution in [0.1, 0.15) is 83.4 Å². The van der Waals surface area contributed by atoms with Gasteiger partial charge in [0.2, 0.25) is 5.91 Å². The van der Waals surface area contributed by atoms with Gasteiger partial charge < -0.3 is 9.80 Å². The lowest BCUT2D eigenvalue weighted by molar-refractivity contribution is -0.136. The van der Waals surface area contributed by atoms with Crippen LogP contribution in [0.4, 0.5) is 0 Å². The molecule has 0 atom stereocenters. The summed E-state index contributed by atoms with van der Waals surface area (Å²) in [4.78, 5) is 56.1. The molecule has 1 saturated carbocycles. The highest BCUT2D eigenvalue weighted by Gasteiger charge is 2.38. The van der Waals surface area contributed by atoms with E-state index in [0.717, 1.165) is 32.1 Å². The molecule has 0 spiro atoms. The molecule has 1 aromatic rings. The summed E-state index contributed by atoms with van der Waals surface area (Å²) in [6, 6.07) is 4.54. The van der Waals surface area contributed by atoms with Crippen molar-refractivity contribution in [3.8, 4) is 0 Å². The van der Waals surface area contributed by atoms with Gasteiger partial charge in [0.25, 0.3) is 17.7 Å². The Hall–Kier alpha value is -2.70. The van der Waals surface area contributed by atoms with Crippen LogP contribution in [0.15, 0.2) is 18.2 Å². The number of hydrogen-bond acceptors (Lipinski definition) is 4. The van der Waals surface area contributed by atoms with E-state index in [1.807, 2.05) is 4.90 Å². The predicted molar refractivity (Wildman–Crippen MR) is 116 cm³/mol. The largest absolute Gasteiger partial charge is 0.341 e. The van der Waals surface area contributed by atoms with Gasteiger partial charge in [0.1, 0.15) is 0 Å². The van der Waals surface area contributed by atoms with Crippen molar-refractivity contribution in [3.05, 3.63) is 34.9 Å². The summed E-state index contributed by atoms with van der Waals surface area (Å²) in [5.41, 5.74) is 1.07. The molecule has 7 nitrogen and oxygen atoms in total. The van der Waals surface area contributed by atoms with Crippen molar-refractivity contribution in [1.82, 2.24) is 14.7 Å². The van der Waals surface area contributed by atoms with E-state index in [4.69, 9.17) is 0 Å². The molecule has 3 aliphatic rings. The topological polar surface area (TPSA) is 78.0 Å². The zero-order chi connectivity index (χ0) is 22.1. The maximum atomic E-state index is 13.1. The van der Waals surface area contributed by atoms with Crippen molar-refractivity contribution in [2.75, 3.05) is 26.2 Å². The van der Waals surface area contributed by atoms with E-state index in [-0.39, 0.29) is 35.6 Å². The van der Waals surface area contributed by atoms with Crippen molar-refractivity contribution in [1.29, 1.82) is 0 Å². The number of rotatable bonds is 3. The smallest absolute Gasteiger partial charge is 0.261 e. The number of imide groups is 1. The highest BCUT2D eigenvalue weighted by molar-refractivity contribution is 6.22. The first-order valence-corrected chi connectivity index (χ1v) is 11.5. The number of amides is 4. The Morgan fingerprint density at radius 1 is 0.839 bits per heavy atom. The van der Waals surface area contributed by atoms with Crippen LogP contribution in [0.3, 0.4) is 0 Å². The molecule has 1 saturated heterocycles. The van der Waals surface area contributed by atoms with Gasteiger partial charge in [0.05, 0.1) is 11.1 Å². The first-order chi connectivity index (χ1) is 14.9. The van der Waals surface area contributed by atoms with Gasteiger partial charge in [-0.2, -0.15) is 0 Å². The van der Waals surface area contributed by atoms with Crippen LogP contribution in [0, 0.1) is 5.92 Å². The summed E-state index contributed by atoms with van der Waals surface area (Å²) >= 11 is 0. The Morgan fingerprint density at radius 2 is 1.48 bits per heavy atom. The summed E-state index contributed by atoms with van der Waals surface area (Å²) in [6.07, 6.45) is 6.18. The molecule has 1 aliphatic carbocycles. The lowest BCUT2D eigenvalue weighted by Gasteiger charge is -2.28. The molecule has 4 amide bonds. The first kappa shape index (κ1) is 21.5. The van der Waals surface area contributed by atoms with Crippen LogP contribution < -0.4 is 0 Å². The predicted octanol–water partition coefficient (Wildman–Crippen LogP) is 2.95. The quantitative estimate of drug-likeness (QED) is 0.698. The fourth-order valence-corrected chi connectivity index (χ4v) is 4.99. The summed E-state index contributed by atoms with van der Waals surface area (Å²) in [7, 11) is 0. The standard InChI is InChI=1S/C24H31N3O4/c1-16(2)27-23(30)19-10-9-18(15-20(19)24(27)31)22(29)26-12-6-11-25(13-14-26)21(28)17-7-4-3-5-8-17/h9-10,15-17H,3-8,11-14H2,1-2H3. The third-order valence-corrected chi connectivity index (χ3v) is 6.73. The fourth-order valence-electron chi connectivity index (χ4n) is 4.99. The molecule has 2 heterocycles. The Labute approximate surface area is 183 Å². The van der Waals surface area contributed by atoms with Crippen molar-refractivity contribution >= 4 is 23.6 Å². The van der Waals surface area contributed by atoms with Crippen LogP contribution in [0.25, 0.3) is 0 Å².